The predicted molar refractivity (Wildman–Crippen MR) is 96.4 cm³/mol. The zero-order valence-corrected chi connectivity index (χ0v) is 15.2. The van der Waals surface area contributed by atoms with Gasteiger partial charge in [0.2, 0.25) is 0 Å². The number of carboxylic acid groups (broad SMARTS) is 2. The van der Waals surface area contributed by atoms with Crippen LogP contribution in [0.5, 0.6) is 0 Å². The fraction of sp³-hybridized carbons (Fsp3) is 0.222. The van der Waals surface area contributed by atoms with Gasteiger partial charge >= 0.3 is 11.9 Å². The third-order valence-corrected chi connectivity index (χ3v) is 5.79. The van der Waals surface area contributed by atoms with Crippen molar-refractivity contribution in [1.29, 1.82) is 0 Å². The fourth-order valence-electron chi connectivity index (χ4n) is 2.57. The average molecular weight is 377 g/mol. The first-order valence-corrected chi connectivity index (χ1v) is 9.33. The Bertz CT molecular complexity index is 952. The Hall–Kier alpha value is -2.87. The van der Waals surface area contributed by atoms with Gasteiger partial charge in [-0.05, 0) is 43.2 Å². The summed E-state index contributed by atoms with van der Waals surface area (Å²) in [5.41, 5.74) is 0.125. The van der Waals surface area contributed by atoms with Crippen molar-refractivity contribution >= 4 is 27.6 Å². The summed E-state index contributed by atoms with van der Waals surface area (Å²) in [4.78, 5) is 22.6. The number of para-hydroxylation sites is 1. The number of carboxylic acids is 2. The van der Waals surface area contributed by atoms with E-state index in [2.05, 4.69) is 0 Å². The minimum absolute atomic E-state index is 0.0435. The van der Waals surface area contributed by atoms with E-state index in [9.17, 15) is 23.1 Å². The number of aromatic carboxylic acids is 2. The molecule has 2 aromatic carbocycles. The summed E-state index contributed by atoms with van der Waals surface area (Å²) in [6, 6.07) is 9.67. The van der Waals surface area contributed by atoms with Crippen molar-refractivity contribution in [2.45, 2.75) is 25.2 Å². The van der Waals surface area contributed by atoms with E-state index in [0.717, 1.165) is 10.4 Å². The smallest absolute Gasteiger partial charge is 0.337 e. The van der Waals surface area contributed by atoms with Crippen molar-refractivity contribution in [1.82, 2.24) is 0 Å². The molecule has 138 valence electrons. The lowest BCUT2D eigenvalue weighted by atomic mass is 10.1. The fourth-order valence-corrected chi connectivity index (χ4v) is 4.40. The van der Waals surface area contributed by atoms with Crippen LogP contribution in [0, 0.1) is 6.92 Å². The minimum atomic E-state index is -4.15. The monoisotopic (exact) mass is 377 g/mol. The summed E-state index contributed by atoms with van der Waals surface area (Å²) in [6.45, 7) is 3.39. The second kappa shape index (κ2) is 7.57. The zero-order valence-electron chi connectivity index (χ0n) is 14.3. The number of hydrogen-bond donors (Lipinski definition) is 2. The maximum atomic E-state index is 13.2. The lowest BCUT2D eigenvalue weighted by molar-refractivity contribution is 0.0686. The van der Waals surface area contributed by atoms with Crippen molar-refractivity contribution in [3.05, 3.63) is 59.2 Å². The Labute approximate surface area is 151 Å². The van der Waals surface area contributed by atoms with Crippen LogP contribution in [0.3, 0.4) is 0 Å². The molecule has 7 nitrogen and oxygen atoms in total. The first kappa shape index (κ1) is 19.5. The van der Waals surface area contributed by atoms with E-state index >= 15 is 0 Å². The van der Waals surface area contributed by atoms with Crippen LogP contribution in [0.2, 0.25) is 0 Å². The van der Waals surface area contributed by atoms with E-state index in [1.165, 1.54) is 30.3 Å². The van der Waals surface area contributed by atoms with Gasteiger partial charge in [0, 0.05) is 6.54 Å². The molecule has 0 bridgehead atoms. The summed E-state index contributed by atoms with van der Waals surface area (Å²) in [6.07, 6.45) is 0.449. The molecular weight excluding hydrogens is 358 g/mol. The molecule has 0 saturated heterocycles. The molecule has 26 heavy (non-hydrogen) atoms. The van der Waals surface area contributed by atoms with Gasteiger partial charge < -0.3 is 10.2 Å². The second-order valence-electron chi connectivity index (χ2n) is 5.68. The molecule has 0 fully saturated rings. The number of sulfonamides is 1. The Morgan fingerprint density at radius 2 is 1.69 bits per heavy atom. The van der Waals surface area contributed by atoms with Gasteiger partial charge in [0.1, 0.15) is 0 Å². The number of hydrogen-bond acceptors (Lipinski definition) is 4. The SMILES string of the molecule is CCCN(c1ccccc1C(=O)O)S(=O)(=O)c1cc(C(=O)O)ccc1C. The van der Waals surface area contributed by atoms with Crippen molar-refractivity contribution in [3.8, 4) is 0 Å². The van der Waals surface area contributed by atoms with E-state index < -0.39 is 22.0 Å². The highest BCUT2D eigenvalue weighted by atomic mass is 32.2. The van der Waals surface area contributed by atoms with Crippen molar-refractivity contribution < 1.29 is 28.2 Å². The molecule has 2 N–H and O–H groups in total. The van der Waals surface area contributed by atoms with Crippen molar-refractivity contribution in [3.63, 3.8) is 0 Å². The molecule has 8 heteroatoms. The zero-order chi connectivity index (χ0) is 19.5. The van der Waals surface area contributed by atoms with E-state index in [1.54, 1.807) is 19.9 Å². The maximum Gasteiger partial charge on any atom is 0.337 e. The summed E-state index contributed by atoms with van der Waals surface area (Å²) < 4.78 is 27.5. The van der Waals surface area contributed by atoms with Crippen molar-refractivity contribution in [2.75, 3.05) is 10.8 Å². The topological polar surface area (TPSA) is 112 Å². The molecule has 0 aliphatic rings. The van der Waals surface area contributed by atoms with Crippen LogP contribution in [-0.2, 0) is 10.0 Å². The third kappa shape index (κ3) is 3.70. The van der Waals surface area contributed by atoms with Gasteiger partial charge in [-0.2, -0.15) is 0 Å². The predicted octanol–water partition coefficient (Wildman–Crippen LogP) is 3.00. The van der Waals surface area contributed by atoms with E-state index in [1.807, 2.05) is 0 Å². The highest BCUT2D eigenvalue weighted by molar-refractivity contribution is 7.92. The Balaban J connectivity index is 2.70. The lowest BCUT2D eigenvalue weighted by Crippen LogP contribution is -2.33. The molecule has 0 aromatic heterocycles. The van der Waals surface area contributed by atoms with Crippen LogP contribution < -0.4 is 4.31 Å². The second-order valence-corrected chi connectivity index (χ2v) is 7.52. The van der Waals surface area contributed by atoms with Gasteiger partial charge in [-0.3, -0.25) is 4.31 Å². The van der Waals surface area contributed by atoms with Crippen LogP contribution in [0.15, 0.2) is 47.4 Å². The maximum absolute atomic E-state index is 13.2. The van der Waals surface area contributed by atoms with Gasteiger partial charge in [-0.25, -0.2) is 18.0 Å². The molecule has 0 heterocycles. The summed E-state index contributed by atoms with van der Waals surface area (Å²) in [7, 11) is -4.15. The molecule has 0 atom stereocenters. The quantitative estimate of drug-likeness (QED) is 0.767. The van der Waals surface area contributed by atoms with Gasteiger partial charge in [0.25, 0.3) is 10.0 Å². The van der Waals surface area contributed by atoms with Crippen LogP contribution in [0.1, 0.15) is 39.6 Å². The first-order chi connectivity index (χ1) is 12.2. The molecule has 0 spiro atoms. The number of benzene rings is 2. The van der Waals surface area contributed by atoms with Crippen molar-refractivity contribution in [2.24, 2.45) is 0 Å². The molecular formula is C18H19NO6S. The van der Waals surface area contributed by atoms with Gasteiger partial charge in [0.15, 0.2) is 0 Å². The number of rotatable bonds is 7. The number of nitrogens with zero attached hydrogens (tertiary/aromatic N) is 1. The highest BCUT2D eigenvalue weighted by Gasteiger charge is 2.29. The van der Waals surface area contributed by atoms with Crippen LogP contribution >= 0.6 is 0 Å². The summed E-state index contributed by atoms with van der Waals surface area (Å²) in [5, 5.41) is 18.5. The van der Waals surface area contributed by atoms with E-state index in [0.29, 0.717) is 12.0 Å². The van der Waals surface area contributed by atoms with Gasteiger partial charge in [-0.1, -0.05) is 25.1 Å². The summed E-state index contributed by atoms with van der Waals surface area (Å²) in [5.74, 6) is -2.48. The minimum Gasteiger partial charge on any atom is -0.478 e. The number of carbonyl (C=O) groups is 2. The molecule has 0 aliphatic carbocycles. The van der Waals surface area contributed by atoms with Crippen LogP contribution in [-0.4, -0.2) is 37.1 Å². The third-order valence-electron chi connectivity index (χ3n) is 3.83. The average Bonchev–Trinajstić information content (AvgIpc) is 2.59. The standard InChI is InChI=1S/C18H19NO6S/c1-3-10-19(15-7-5-4-6-14(15)18(22)23)26(24,25)16-11-13(17(20)21)9-8-12(16)2/h4-9,11H,3,10H2,1-2H3,(H,20,21)(H,22,23). The molecule has 0 unspecified atom stereocenters. The first-order valence-electron chi connectivity index (χ1n) is 7.89. The van der Waals surface area contributed by atoms with Crippen LogP contribution in [0.4, 0.5) is 5.69 Å². The van der Waals surface area contributed by atoms with E-state index in [4.69, 9.17) is 5.11 Å². The largest absolute Gasteiger partial charge is 0.478 e. The molecule has 2 aromatic rings. The molecule has 0 saturated carbocycles. The molecule has 0 radical (unpaired) electrons. The molecule has 2 rings (SSSR count). The summed E-state index contributed by atoms with van der Waals surface area (Å²) >= 11 is 0. The normalized spacial score (nSPS) is 11.2. The Morgan fingerprint density at radius 1 is 1.04 bits per heavy atom. The van der Waals surface area contributed by atoms with E-state index in [-0.39, 0.29) is 28.3 Å². The molecule has 0 amide bonds. The Morgan fingerprint density at radius 3 is 2.27 bits per heavy atom. The van der Waals surface area contributed by atoms with Gasteiger partial charge in [0.05, 0.1) is 21.7 Å². The molecule has 0 aliphatic heterocycles. The Kier molecular flexibility index (Phi) is 5.66. The number of aryl methyl sites for hydroxylation is 1. The number of anilines is 1. The lowest BCUT2D eigenvalue weighted by Gasteiger charge is -2.26. The highest BCUT2D eigenvalue weighted by Crippen LogP contribution is 2.29. The van der Waals surface area contributed by atoms with Crippen LogP contribution in [0.25, 0.3) is 0 Å². The van der Waals surface area contributed by atoms with Gasteiger partial charge in [-0.15, -0.1) is 0 Å².